The van der Waals surface area contributed by atoms with Crippen LogP contribution in [0.5, 0.6) is 5.75 Å². The third kappa shape index (κ3) is 7.17. The van der Waals surface area contributed by atoms with Gasteiger partial charge in [0.1, 0.15) is 18.0 Å². The number of rotatable bonds is 10. The molecule has 0 bridgehead atoms. The molecule has 2 aliphatic heterocycles. The summed E-state index contributed by atoms with van der Waals surface area (Å²) in [7, 11) is 3.24. The highest BCUT2D eigenvalue weighted by molar-refractivity contribution is 6.04. The van der Waals surface area contributed by atoms with E-state index in [1.54, 1.807) is 53.2 Å². The Labute approximate surface area is 302 Å². The zero-order valence-electron chi connectivity index (χ0n) is 29.1. The minimum absolute atomic E-state index is 0.0481. The number of amides is 5. The van der Waals surface area contributed by atoms with Crippen molar-refractivity contribution < 1.29 is 23.9 Å². The Balaban J connectivity index is 1.12. The molecule has 5 aromatic rings. The number of hydrogen-bond donors (Lipinski definition) is 2. The lowest BCUT2D eigenvalue weighted by atomic mass is 9.98. The van der Waals surface area contributed by atoms with E-state index in [0.29, 0.717) is 24.3 Å². The summed E-state index contributed by atoms with van der Waals surface area (Å²) in [6.07, 6.45) is -0.298. The van der Waals surface area contributed by atoms with E-state index in [4.69, 9.17) is 4.74 Å². The fourth-order valence-electron chi connectivity index (χ4n) is 6.98. The molecule has 2 aliphatic rings. The summed E-state index contributed by atoms with van der Waals surface area (Å²) in [6.45, 7) is 0.818. The van der Waals surface area contributed by atoms with E-state index in [-0.39, 0.29) is 43.3 Å². The van der Waals surface area contributed by atoms with Gasteiger partial charge >= 0.3 is 6.03 Å². The van der Waals surface area contributed by atoms with Crippen LogP contribution in [0.3, 0.4) is 0 Å². The maximum Gasteiger partial charge on any atom is 0.332 e. The number of nitrogens with one attached hydrogen (secondary N) is 2. The molecule has 0 aliphatic carbocycles. The minimum atomic E-state index is -0.799. The average molecular weight is 697 g/mol. The van der Waals surface area contributed by atoms with Gasteiger partial charge < -0.3 is 25.2 Å². The van der Waals surface area contributed by atoms with Crippen LogP contribution in [-0.4, -0.2) is 83.0 Å². The van der Waals surface area contributed by atoms with Crippen molar-refractivity contribution in [1.29, 1.82) is 0 Å². The van der Waals surface area contributed by atoms with Crippen LogP contribution in [0.4, 0.5) is 10.5 Å². The predicted octanol–water partition coefficient (Wildman–Crippen LogP) is 5.28. The third-order valence-electron chi connectivity index (χ3n) is 9.77. The fourth-order valence-corrected chi connectivity index (χ4v) is 6.98. The van der Waals surface area contributed by atoms with Crippen LogP contribution in [0.2, 0.25) is 0 Å². The first kappa shape index (κ1) is 34.3. The number of carbonyl (C=O) groups is 4. The van der Waals surface area contributed by atoms with Crippen LogP contribution in [-0.2, 0) is 29.1 Å². The second kappa shape index (κ2) is 15.0. The number of fused-ring (bicyclic) bond motifs is 2. The van der Waals surface area contributed by atoms with Gasteiger partial charge in [0.05, 0.1) is 20.2 Å². The maximum atomic E-state index is 14.4. The lowest BCUT2D eigenvalue weighted by molar-refractivity contribution is -0.157. The molecular weight excluding hydrogens is 656 g/mol. The van der Waals surface area contributed by atoms with Crippen molar-refractivity contribution in [2.24, 2.45) is 0 Å². The summed E-state index contributed by atoms with van der Waals surface area (Å²) >= 11 is 0. The van der Waals surface area contributed by atoms with Gasteiger partial charge in [0, 0.05) is 37.8 Å². The molecule has 0 saturated carbocycles. The van der Waals surface area contributed by atoms with E-state index in [0.717, 1.165) is 33.2 Å². The van der Waals surface area contributed by atoms with Gasteiger partial charge in [-0.1, -0.05) is 84.9 Å². The zero-order chi connectivity index (χ0) is 36.2. The number of nitrogens with zero attached hydrogens (tertiary/aromatic N) is 4. The summed E-state index contributed by atoms with van der Waals surface area (Å²) in [5.74, 6) is 0.118. The van der Waals surface area contributed by atoms with Crippen molar-refractivity contribution in [2.75, 3.05) is 32.6 Å². The normalized spacial score (nSPS) is 17.2. The summed E-state index contributed by atoms with van der Waals surface area (Å²) in [5.41, 5.74) is 3.90. The van der Waals surface area contributed by atoms with Crippen molar-refractivity contribution >= 4 is 40.2 Å². The Morgan fingerprint density at radius 1 is 0.827 bits per heavy atom. The SMILES string of the molecule is COc1ccc(CNC(=O)N(C)N2CC(=O)N3[C@@H](Cc4ccc(NC(=O)c5ccccc5)cc4)C(=O)N(Cc4cccc5ccccc45)C[C@@H]32)cc1. The highest BCUT2D eigenvalue weighted by atomic mass is 16.5. The summed E-state index contributed by atoms with van der Waals surface area (Å²) < 4.78 is 5.23. The zero-order valence-corrected chi connectivity index (χ0v) is 29.1. The number of urea groups is 1. The van der Waals surface area contributed by atoms with E-state index < -0.39 is 12.2 Å². The van der Waals surface area contributed by atoms with Crippen LogP contribution in [0.25, 0.3) is 10.8 Å². The van der Waals surface area contributed by atoms with E-state index in [1.807, 2.05) is 97.1 Å². The topological polar surface area (TPSA) is 115 Å². The Hall–Kier alpha value is -6.20. The van der Waals surface area contributed by atoms with E-state index in [9.17, 15) is 19.2 Å². The number of hydrogen-bond acceptors (Lipinski definition) is 6. The molecule has 2 heterocycles. The van der Waals surface area contributed by atoms with Gasteiger partial charge in [-0.2, -0.15) is 5.01 Å². The van der Waals surface area contributed by atoms with Gasteiger partial charge in [0.25, 0.3) is 5.91 Å². The van der Waals surface area contributed by atoms with Crippen LogP contribution >= 0.6 is 0 Å². The lowest BCUT2D eigenvalue weighted by Crippen LogP contribution is -2.65. The van der Waals surface area contributed by atoms with Crippen LogP contribution in [0.1, 0.15) is 27.0 Å². The summed E-state index contributed by atoms with van der Waals surface area (Å²) in [4.78, 5) is 57.8. The molecule has 0 aromatic heterocycles. The highest BCUT2D eigenvalue weighted by Crippen LogP contribution is 2.31. The molecule has 52 heavy (non-hydrogen) atoms. The first-order valence-electron chi connectivity index (χ1n) is 17.2. The van der Waals surface area contributed by atoms with Crippen molar-refractivity contribution in [1.82, 2.24) is 25.1 Å². The quantitative estimate of drug-likeness (QED) is 0.206. The molecule has 0 spiro atoms. The lowest BCUT2D eigenvalue weighted by Gasteiger charge is -2.46. The standard InChI is InChI=1S/C41H40N6O5/c1-44(41(51)42-24-29-17-21-34(52-2)22-18-29)46-27-38(48)47-36(23-28-15-19-33(20-16-28)43-39(49)31-10-4-3-5-11-31)40(50)45(26-37(46)47)25-32-13-8-12-30-9-6-7-14-35(30)32/h3-22,36-37H,23-27H2,1-2H3,(H,42,51)(H,43,49)/t36-,37+/m0/s1. The fraction of sp³-hybridized carbons (Fsp3) is 0.220. The monoisotopic (exact) mass is 696 g/mol. The Morgan fingerprint density at radius 2 is 1.52 bits per heavy atom. The summed E-state index contributed by atoms with van der Waals surface area (Å²) in [6, 6.07) is 36.7. The number of anilines is 1. The smallest absolute Gasteiger partial charge is 0.332 e. The first-order chi connectivity index (χ1) is 25.3. The van der Waals surface area contributed by atoms with Gasteiger partial charge in [-0.3, -0.25) is 19.4 Å². The number of benzene rings is 5. The van der Waals surface area contributed by atoms with Crippen molar-refractivity contribution in [3.8, 4) is 5.75 Å². The van der Waals surface area contributed by atoms with Gasteiger partial charge in [-0.15, -0.1) is 0 Å². The van der Waals surface area contributed by atoms with E-state index >= 15 is 0 Å². The van der Waals surface area contributed by atoms with Crippen molar-refractivity contribution in [2.45, 2.75) is 31.7 Å². The van der Waals surface area contributed by atoms with Gasteiger partial charge in [0.2, 0.25) is 11.8 Å². The number of piperazine rings is 1. The molecule has 2 atom stereocenters. The second-order valence-corrected chi connectivity index (χ2v) is 13.0. The minimum Gasteiger partial charge on any atom is -0.497 e. The Bertz CT molecular complexity index is 2080. The van der Waals surface area contributed by atoms with Gasteiger partial charge in [-0.05, 0) is 63.9 Å². The number of hydrazine groups is 1. The molecule has 11 heteroatoms. The van der Waals surface area contributed by atoms with Crippen LogP contribution in [0.15, 0.2) is 121 Å². The molecule has 11 nitrogen and oxygen atoms in total. The second-order valence-electron chi connectivity index (χ2n) is 13.0. The Kier molecular flexibility index (Phi) is 9.85. The van der Waals surface area contributed by atoms with Crippen LogP contribution < -0.4 is 15.4 Å². The molecule has 2 fully saturated rings. The van der Waals surface area contributed by atoms with Crippen molar-refractivity contribution in [3.05, 3.63) is 144 Å². The van der Waals surface area contributed by atoms with Gasteiger partial charge in [0.15, 0.2) is 0 Å². The van der Waals surface area contributed by atoms with Crippen LogP contribution in [0, 0.1) is 0 Å². The van der Waals surface area contributed by atoms with Gasteiger partial charge in [-0.25, -0.2) is 4.79 Å². The average Bonchev–Trinajstić information content (AvgIpc) is 3.51. The summed E-state index contributed by atoms with van der Waals surface area (Å²) in [5, 5.41) is 11.2. The molecule has 264 valence electrons. The molecule has 2 saturated heterocycles. The highest BCUT2D eigenvalue weighted by Gasteiger charge is 2.51. The van der Waals surface area contributed by atoms with Crippen molar-refractivity contribution in [3.63, 3.8) is 0 Å². The number of carbonyl (C=O) groups excluding carboxylic acids is 4. The molecule has 0 radical (unpaired) electrons. The largest absolute Gasteiger partial charge is 0.497 e. The molecular formula is C41H40N6O5. The molecule has 7 rings (SSSR count). The predicted molar refractivity (Wildman–Crippen MR) is 198 cm³/mol. The molecule has 5 amide bonds. The maximum absolute atomic E-state index is 14.4. The van der Waals surface area contributed by atoms with E-state index in [2.05, 4.69) is 10.6 Å². The third-order valence-corrected chi connectivity index (χ3v) is 9.77. The Morgan fingerprint density at radius 3 is 2.27 bits per heavy atom. The number of methoxy groups -OCH3 is 1. The molecule has 2 N–H and O–H groups in total. The van der Waals surface area contributed by atoms with E-state index in [1.165, 1.54) is 5.01 Å². The molecule has 0 unspecified atom stereocenters. The molecule has 5 aromatic carbocycles. The number of ether oxygens (including phenoxy) is 1. The first-order valence-corrected chi connectivity index (χ1v) is 17.2.